The van der Waals surface area contributed by atoms with Gasteiger partial charge in [-0.15, -0.1) is 11.3 Å². The molecule has 3 nitrogen and oxygen atoms in total. The molecule has 0 aliphatic heterocycles. The summed E-state index contributed by atoms with van der Waals surface area (Å²) in [4.78, 5) is 12.9. The highest BCUT2D eigenvalue weighted by Gasteiger charge is 2.26. The molecule has 0 saturated carbocycles. The lowest BCUT2D eigenvalue weighted by molar-refractivity contribution is 0.0890. The molecule has 1 heterocycles. The number of hydrogen-bond donors (Lipinski definition) is 2. The van der Waals surface area contributed by atoms with Crippen LogP contribution in [0.15, 0.2) is 18.2 Å². The van der Waals surface area contributed by atoms with E-state index in [2.05, 4.69) is 5.32 Å². The summed E-state index contributed by atoms with van der Waals surface area (Å²) >= 11 is 13.6. The molecule has 1 atom stereocenters. The maximum Gasteiger partial charge on any atom is 0.263 e. The second-order valence-electron chi connectivity index (χ2n) is 5.23. The molecule has 0 bridgehead atoms. The lowest BCUT2D eigenvalue weighted by Crippen LogP contribution is -2.46. The fourth-order valence-electron chi connectivity index (χ4n) is 2.09. The van der Waals surface area contributed by atoms with E-state index in [0.29, 0.717) is 21.3 Å². The predicted molar refractivity (Wildman–Crippen MR) is 89.7 cm³/mol. The Kier molecular flexibility index (Phi) is 5.15. The van der Waals surface area contributed by atoms with Crippen molar-refractivity contribution in [3.63, 3.8) is 0 Å². The van der Waals surface area contributed by atoms with Gasteiger partial charge in [-0.2, -0.15) is 0 Å². The number of halogens is 2. The predicted octanol–water partition coefficient (Wildman–Crippen LogP) is 4.49. The molecule has 2 N–H and O–H groups in total. The highest BCUT2D eigenvalue weighted by atomic mass is 35.5. The number of benzene rings is 1. The van der Waals surface area contributed by atoms with Gasteiger partial charge in [0.05, 0.1) is 5.02 Å². The van der Waals surface area contributed by atoms with E-state index in [1.54, 1.807) is 12.1 Å². The van der Waals surface area contributed by atoms with E-state index >= 15 is 0 Å². The van der Waals surface area contributed by atoms with E-state index < -0.39 is 5.54 Å². The fourth-order valence-corrected chi connectivity index (χ4v) is 3.78. The van der Waals surface area contributed by atoms with Gasteiger partial charge in [0.1, 0.15) is 4.88 Å². The molecule has 0 aliphatic rings. The Bertz CT molecular complexity index is 671. The zero-order chi connectivity index (χ0) is 15.6. The minimum atomic E-state index is -0.441. The van der Waals surface area contributed by atoms with Crippen molar-refractivity contribution in [3.8, 4) is 0 Å². The highest BCUT2D eigenvalue weighted by Crippen LogP contribution is 2.37. The molecule has 2 rings (SSSR count). The molecule has 0 radical (unpaired) electrons. The van der Waals surface area contributed by atoms with Crippen LogP contribution < -0.4 is 5.32 Å². The Morgan fingerprint density at radius 3 is 2.76 bits per heavy atom. The number of carbonyl (C=O) groups is 1. The average Bonchev–Trinajstić information content (AvgIpc) is 2.75. The van der Waals surface area contributed by atoms with Gasteiger partial charge in [-0.3, -0.25) is 4.79 Å². The fraction of sp³-hybridized carbons (Fsp3) is 0.400. The summed E-state index contributed by atoms with van der Waals surface area (Å²) in [7, 11) is 0. The van der Waals surface area contributed by atoms with Crippen molar-refractivity contribution >= 4 is 50.5 Å². The maximum atomic E-state index is 12.5. The third-order valence-corrected chi connectivity index (χ3v) is 5.55. The quantitative estimate of drug-likeness (QED) is 0.838. The van der Waals surface area contributed by atoms with Gasteiger partial charge < -0.3 is 10.4 Å². The van der Waals surface area contributed by atoms with Crippen LogP contribution in [0.5, 0.6) is 0 Å². The zero-order valence-corrected chi connectivity index (χ0v) is 14.2. The molecule has 0 saturated heterocycles. The van der Waals surface area contributed by atoms with Gasteiger partial charge in [-0.05, 0) is 31.9 Å². The van der Waals surface area contributed by atoms with Crippen LogP contribution in [0.1, 0.15) is 36.4 Å². The molecule has 1 aromatic carbocycles. The van der Waals surface area contributed by atoms with Crippen molar-refractivity contribution in [1.82, 2.24) is 5.32 Å². The summed E-state index contributed by atoms with van der Waals surface area (Å²) in [5.41, 5.74) is -0.441. The number of thiophene rings is 1. The van der Waals surface area contributed by atoms with E-state index in [1.807, 2.05) is 19.9 Å². The number of aliphatic hydroxyl groups is 1. The molecule has 6 heteroatoms. The van der Waals surface area contributed by atoms with Crippen LogP contribution in [0.4, 0.5) is 0 Å². The van der Waals surface area contributed by atoms with E-state index in [4.69, 9.17) is 28.3 Å². The molecule has 21 heavy (non-hydrogen) atoms. The Morgan fingerprint density at radius 1 is 1.43 bits per heavy atom. The monoisotopic (exact) mass is 345 g/mol. The van der Waals surface area contributed by atoms with Crippen molar-refractivity contribution < 1.29 is 9.90 Å². The zero-order valence-electron chi connectivity index (χ0n) is 11.9. The van der Waals surface area contributed by atoms with Crippen molar-refractivity contribution in [2.45, 2.75) is 32.2 Å². The van der Waals surface area contributed by atoms with Gasteiger partial charge in [-0.25, -0.2) is 0 Å². The SMILES string of the molecule is CCC(C)(CCO)NC(=O)c1sc2cc(Cl)ccc2c1Cl. The van der Waals surface area contributed by atoms with Crippen LogP contribution in [0.3, 0.4) is 0 Å². The summed E-state index contributed by atoms with van der Waals surface area (Å²) in [6.45, 7) is 3.92. The topological polar surface area (TPSA) is 49.3 Å². The smallest absolute Gasteiger partial charge is 0.263 e. The number of nitrogens with one attached hydrogen (secondary N) is 1. The summed E-state index contributed by atoms with van der Waals surface area (Å²) < 4.78 is 0.887. The normalized spacial score (nSPS) is 14.1. The number of aliphatic hydroxyl groups excluding tert-OH is 1. The molecule has 0 spiro atoms. The second-order valence-corrected chi connectivity index (χ2v) is 7.09. The van der Waals surface area contributed by atoms with Crippen LogP contribution in [0.25, 0.3) is 10.1 Å². The molecule has 114 valence electrons. The molecule has 1 aromatic heterocycles. The minimum absolute atomic E-state index is 0.0282. The Morgan fingerprint density at radius 2 is 2.14 bits per heavy atom. The van der Waals surface area contributed by atoms with Gasteiger partial charge in [0.15, 0.2) is 0 Å². The number of amides is 1. The van der Waals surface area contributed by atoms with Gasteiger partial charge >= 0.3 is 0 Å². The molecule has 0 aliphatic carbocycles. The van der Waals surface area contributed by atoms with Gasteiger partial charge in [0.2, 0.25) is 0 Å². The first kappa shape index (κ1) is 16.6. The first-order chi connectivity index (χ1) is 9.90. The minimum Gasteiger partial charge on any atom is -0.396 e. The molecule has 0 fully saturated rings. The van der Waals surface area contributed by atoms with Crippen LogP contribution >= 0.6 is 34.5 Å². The van der Waals surface area contributed by atoms with Crippen LogP contribution in [0.2, 0.25) is 10.0 Å². The Labute approximate surface area is 137 Å². The summed E-state index contributed by atoms with van der Waals surface area (Å²) in [6.07, 6.45) is 1.23. The largest absolute Gasteiger partial charge is 0.396 e. The standard InChI is InChI=1S/C15H17Cl2NO2S/c1-3-15(2,6-7-19)18-14(20)13-12(17)10-5-4-9(16)8-11(10)21-13/h4-5,8,19H,3,6-7H2,1-2H3,(H,18,20). The highest BCUT2D eigenvalue weighted by molar-refractivity contribution is 7.21. The van der Waals surface area contributed by atoms with E-state index in [-0.39, 0.29) is 12.5 Å². The van der Waals surface area contributed by atoms with Gasteiger partial charge in [0, 0.05) is 27.3 Å². The van der Waals surface area contributed by atoms with E-state index in [1.165, 1.54) is 11.3 Å². The lowest BCUT2D eigenvalue weighted by atomic mass is 9.95. The van der Waals surface area contributed by atoms with Crippen LogP contribution in [0, 0.1) is 0 Å². The number of hydrogen-bond acceptors (Lipinski definition) is 3. The summed E-state index contributed by atoms with van der Waals surface area (Å²) in [5.74, 6) is -0.213. The van der Waals surface area contributed by atoms with Crippen molar-refractivity contribution in [2.24, 2.45) is 0 Å². The van der Waals surface area contributed by atoms with E-state index in [9.17, 15) is 4.79 Å². The molecular weight excluding hydrogens is 329 g/mol. The molecule has 1 unspecified atom stereocenters. The van der Waals surface area contributed by atoms with E-state index in [0.717, 1.165) is 16.5 Å². The van der Waals surface area contributed by atoms with Crippen LogP contribution in [-0.2, 0) is 0 Å². The summed E-state index contributed by atoms with van der Waals surface area (Å²) in [6, 6.07) is 5.38. The van der Waals surface area contributed by atoms with Gasteiger partial charge in [-0.1, -0.05) is 36.2 Å². The Balaban J connectivity index is 2.33. The molecule has 1 amide bonds. The molecule has 2 aromatic rings. The number of carbonyl (C=O) groups excluding carboxylic acids is 1. The number of fused-ring (bicyclic) bond motifs is 1. The lowest BCUT2D eigenvalue weighted by Gasteiger charge is -2.28. The first-order valence-corrected chi connectivity index (χ1v) is 8.28. The third kappa shape index (κ3) is 3.51. The van der Waals surface area contributed by atoms with Crippen molar-refractivity contribution in [1.29, 1.82) is 0 Å². The Hall–Kier alpha value is -0.810. The third-order valence-electron chi connectivity index (χ3n) is 3.66. The molecular formula is C15H17Cl2NO2S. The first-order valence-electron chi connectivity index (χ1n) is 6.71. The second kappa shape index (κ2) is 6.53. The van der Waals surface area contributed by atoms with Crippen LogP contribution in [-0.4, -0.2) is 23.2 Å². The van der Waals surface area contributed by atoms with Gasteiger partial charge in [0.25, 0.3) is 5.91 Å². The maximum absolute atomic E-state index is 12.5. The van der Waals surface area contributed by atoms with Crippen molar-refractivity contribution in [3.05, 3.63) is 33.1 Å². The number of rotatable bonds is 5. The average molecular weight is 346 g/mol. The van der Waals surface area contributed by atoms with Crippen molar-refractivity contribution in [2.75, 3.05) is 6.61 Å². The summed E-state index contributed by atoms with van der Waals surface area (Å²) in [5, 5.41) is 14.0.